The maximum absolute atomic E-state index is 11.7. The third kappa shape index (κ3) is 2.52. The maximum Gasteiger partial charge on any atom is 0.159 e. The Labute approximate surface area is 132 Å². The molecule has 0 unspecified atom stereocenters. The monoisotopic (exact) mass is 290 g/mol. The number of Topliss-reactive ketones (excluding diaryl/α,β-unsaturated/α-hetero) is 1. The maximum atomic E-state index is 11.7. The van der Waals surface area contributed by atoms with Crippen molar-refractivity contribution in [1.82, 2.24) is 0 Å². The Bertz CT molecular complexity index is 778. The van der Waals surface area contributed by atoms with Crippen LogP contribution in [-0.4, -0.2) is 5.78 Å². The van der Waals surface area contributed by atoms with Crippen molar-refractivity contribution in [3.8, 4) is 0 Å². The van der Waals surface area contributed by atoms with Crippen LogP contribution in [0.25, 0.3) is 5.57 Å². The van der Waals surface area contributed by atoms with Crippen molar-refractivity contribution in [3.05, 3.63) is 76.4 Å². The van der Waals surface area contributed by atoms with Gasteiger partial charge in [-0.25, -0.2) is 0 Å². The molecule has 0 saturated heterocycles. The topological polar surface area (TPSA) is 17.1 Å². The van der Waals surface area contributed by atoms with Crippen molar-refractivity contribution in [2.75, 3.05) is 0 Å². The molecule has 0 N–H and O–H groups in total. The van der Waals surface area contributed by atoms with Gasteiger partial charge in [0.05, 0.1) is 0 Å². The van der Waals surface area contributed by atoms with Crippen LogP contribution in [0.2, 0.25) is 0 Å². The molecular weight excluding hydrogens is 268 g/mol. The van der Waals surface area contributed by atoms with Gasteiger partial charge < -0.3 is 0 Å². The average Bonchev–Trinajstić information content (AvgIpc) is 2.47. The molecule has 0 heterocycles. The summed E-state index contributed by atoms with van der Waals surface area (Å²) in [4.78, 5) is 11.7. The number of hydrogen-bond acceptors (Lipinski definition) is 1. The second kappa shape index (κ2) is 5.24. The molecule has 0 aliphatic heterocycles. The number of carbonyl (C=O) groups excluding carboxylic acids is 1. The normalized spacial score (nSPS) is 15.9. The summed E-state index contributed by atoms with van der Waals surface area (Å²) in [5.41, 5.74) is 7.21. The van der Waals surface area contributed by atoms with E-state index in [-0.39, 0.29) is 11.2 Å². The fraction of sp³-hybridized carbons (Fsp3) is 0.286. The van der Waals surface area contributed by atoms with Gasteiger partial charge in [-0.1, -0.05) is 61.9 Å². The molecule has 0 atom stereocenters. The van der Waals surface area contributed by atoms with Crippen LogP contribution in [0.4, 0.5) is 0 Å². The Morgan fingerprint density at radius 3 is 2.55 bits per heavy atom. The van der Waals surface area contributed by atoms with E-state index >= 15 is 0 Å². The van der Waals surface area contributed by atoms with Gasteiger partial charge in [-0.05, 0) is 54.0 Å². The highest BCUT2D eigenvalue weighted by Crippen LogP contribution is 2.41. The van der Waals surface area contributed by atoms with Crippen LogP contribution in [0.15, 0.2) is 48.5 Å². The van der Waals surface area contributed by atoms with Gasteiger partial charge in [0.25, 0.3) is 0 Å². The summed E-state index contributed by atoms with van der Waals surface area (Å²) >= 11 is 0. The second-order valence-corrected chi connectivity index (χ2v) is 6.89. The lowest BCUT2D eigenvalue weighted by molar-refractivity contribution is 0.101. The van der Waals surface area contributed by atoms with Crippen molar-refractivity contribution >= 4 is 11.4 Å². The lowest BCUT2D eigenvalue weighted by Crippen LogP contribution is -2.22. The van der Waals surface area contributed by atoms with Crippen molar-refractivity contribution in [3.63, 3.8) is 0 Å². The fourth-order valence-corrected chi connectivity index (χ4v) is 3.22. The molecule has 0 amide bonds. The molecule has 1 aliphatic carbocycles. The van der Waals surface area contributed by atoms with Gasteiger partial charge in [-0.3, -0.25) is 4.79 Å². The molecule has 0 spiro atoms. The minimum atomic E-state index is 0.0636. The SMILES string of the molecule is CC(=O)c1ccc2c(c1)C(C)(C)CC=C2c1cccc(C)c1. The minimum Gasteiger partial charge on any atom is -0.295 e. The van der Waals surface area contributed by atoms with Gasteiger partial charge in [-0.2, -0.15) is 0 Å². The number of fused-ring (bicyclic) bond motifs is 1. The van der Waals surface area contributed by atoms with Crippen LogP contribution < -0.4 is 0 Å². The first-order chi connectivity index (χ1) is 10.4. The van der Waals surface area contributed by atoms with E-state index in [1.165, 1.54) is 27.8 Å². The number of carbonyl (C=O) groups is 1. The Balaban J connectivity index is 2.18. The molecule has 0 fully saturated rings. The number of benzene rings is 2. The Morgan fingerprint density at radius 1 is 1.09 bits per heavy atom. The van der Waals surface area contributed by atoms with Gasteiger partial charge in [0, 0.05) is 5.56 Å². The van der Waals surface area contributed by atoms with Gasteiger partial charge >= 0.3 is 0 Å². The molecule has 0 bridgehead atoms. The zero-order valence-electron chi connectivity index (χ0n) is 13.7. The molecule has 0 aromatic heterocycles. The van der Waals surface area contributed by atoms with Crippen molar-refractivity contribution < 1.29 is 4.79 Å². The van der Waals surface area contributed by atoms with Gasteiger partial charge in [0.2, 0.25) is 0 Å². The van der Waals surface area contributed by atoms with Gasteiger partial charge in [0.15, 0.2) is 5.78 Å². The van der Waals surface area contributed by atoms with E-state index < -0.39 is 0 Å². The van der Waals surface area contributed by atoms with Crippen LogP contribution in [0.5, 0.6) is 0 Å². The summed E-state index contributed by atoms with van der Waals surface area (Å²) in [6, 6.07) is 14.8. The van der Waals surface area contributed by atoms with Crippen LogP contribution in [0, 0.1) is 6.92 Å². The van der Waals surface area contributed by atoms with Crippen molar-refractivity contribution in [1.29, 1.82) is 0 Å². The number of hydrogen-bond donors (Lipinski definition) is 0. The highest BCUT2D eigenvalue weighted by molar-refractivity contribution is 5.95. The molecule has 2 aromatic carbocycles. The van der Waals surface area contributed by atoms with E-state index in [1.807, 2.05) is 6.07 Å². The molecule has 1 heteroatoms. The third-order valence-corrected chi connectivity index (χ3v) is 4.59. The molecule has 2 aromatic rings. The number of ketones is 1. The third-order valence-electron chi connectivity index (χ3n) is 4.59. The molecule has 1 nitrogen and oxygen atoms in total. The standard InChI is InChI=1S/C21H22O/c1-14-6-5-7-17(12-14)18-10-11-21(3,4)20-13-16(15(2)22)8-9-19(18)20/h5-10,12-13H,11H2,1-4H3. The molecular formula is C21H22O. The summed E-state index contributed by atoms with van der Waals surface area (Å²) in [5.74, 6) is 0.130. The first kappa shape index (κ1) is 14.8. The van der Waals surface area contributed by atoms with Crippen molar-refractivity contribution in [2.45, 2.75) is 39.5 Å². The summed E-state index contributed by atoms with van der Waals surface area (Å²) in [5, 5.41) is 0. The van der Waals surface area contributed by atoms with E-state index in [0.29, 0.717) is 0 Å². The predicted molar refractivity (Wildman–Crippen MR) is 92.3 cm³/mol. The lowest BCUT2D eigenvalue weighted by atomic mass is 9.71. The Kier molecular flexibility index (Phi) is 3.52. The molecule has 1 aliphatic rings. The lowest BCUT2D eigenvalue weighted by Gasteiger charge is -2.32. The minimum absolute atomic E-state index is 0.0636. The predicted octanol–water partition coefficient (Wildman–Crippen LogP) is 5.31. The zero-order chi connectivity index (χ0) is 15.9. The van der Waals surface area contributed by atoms with E-state index in [4.69, 9.17) is 0 Å². The van der Waals surface area contributed by atoms with E-state index in [2.05, 4.69) is 63.2 Å². The van der Waals surface area contributed by atoms with Crippen molar-refractivity contribution in [2.24, 2.45) is 0 Å². The van der Waals surface area contributed by atoms with Gasteiger partial charge in [-0.15, -0.1) is 0 Å². The smallest absolute Gasteiger partial charge is 0.159 e. The first-order valence-electron chi connectivity index (χ1n) is 7.81. The first-order valence-corrected chi connectivity index (χ1v) is 7.81. The summed E-state index contributed by atoms with van der Waals surface area (Å²) in [6.45, 7) is 8.25. The second-order valence-electron chi connectivity index (χ2n) is 6.89. The zero-order valence-corrected chi connectivity index (χ0v) is 13.7. The van der Waals surface area contributed by atoms with Crippen LogP contribution in [0.3, 0.4) is 0 Å². The van der Waals surface area contributed by atoms with E-state index in [0.717, 1.165) is 12.0 Å². The average molecular weight is 290 g/mol. The Morgan fingerprint density at radius 2 is 1.86 bits per heavy atom. The summed E-state index contributed by atoms with van der Waals surface area (Å²) in [7, 11) is 0. The highest BCUT2D eigenvalue weighted by atomic mass is 16.1. The number of aryl methyl sites for hydroxylation is 1. The molecule has 0 saturated carbocycles. The number of rotatable bonds is 2. The Hall–Kier alpha value is -2.15. The van der Waals surface area contributed by atoms with Crippen LogP contribution in [-0.2, 0) is 5.41 Å². The van der Waals surface area contributed by atoms with E-state index in [9.17, 15) is 4.79 Å². The summed E-state index contributed by atoms with van der Waals surface area (Å²) in [6.07, 6.45) is 3.33. The van der Waals surface area contributed by atoms with Crippen LogP contribution in [0.1, 0.15) is 59.8 Å². The summed E-state index contributed by atoms with van der Waals surface area (Å²) < 4.78 is 0. The molecule has 3 rings (SSSR count). The van der Waals surface area contributed by atoms with Crippen LogP contribution >= 0.6 is 0 Å². The number of allylic oxidation sites excluding steroid dienone is 1. The largest absolute Gasteiger partial charge is 0.295 e. The van der Waals surface area contributed by atoms with Gasteiger partial charge in [0.1, 0.15) is 0 Å². The van der Waals surface area contributed by atoms with E-state index in [1.54, 1.807) is 6.92 Å². The highest BCUT2D eigenvalue weighted by Gasteiger charge is 2.29. The molecule has 0 radical (unpaired) electrons. The fourth-order valence-electron chi connectivity index (χ4n) is 3.22. The quantitative estimate of drug-likeness (QED) is 0.685. The molecule has 112 valence electrons. The molecule has 22 heavy (non-hydrogen) atoms.